The van der Waals surface area contributed by atoms with Crippen molar-refractivity contribution in [1.29, 1.82) is 0 Å². The van der Waals surface area contributed by atoms with Crippen LogP contribution in [0.4, 0.5) is 5.13 Å². The van der Waals surface area contributed by atoms with Gasteiger partial charge in [0.2, 0.25) is 5.13 Å². The molecule has 0 radical (unpaired) electrons. The molecular formula is C12H16N4S. The number of nitrogens with one attached hydrogen (secondary N) is 1. The van der Waals surface area contributed by atoms with Gasteiger partial charge in [0.15, 0.2) is 5.82 Å². The van der Waals surface area contributed by atoms with Crippen LogP contribution in [0.15, 0.2) is 18.5 Å². The SMILES string of the molecule is Cc1ccncc1-c1nsc(NC(C)(C)C)n1. The molecule has 0 atom stereocenters. The van der Waals surface area contributed by atoms with Gasteiger partial charge in [0.1, 0.15) is 0 Å². The molecule has 90 valence electrons. The molecule has 2 heterocycles. The summed E-state index contributed by atoms with van der Waals surface area (Å²) >= 11 is 1.38. The summed E-state index contributed by atoms with van der Waals surface area (Å²) in [7, 11) is 0. The predicted octanol–water partition coefficient (Wildman–Crippen LogP) is 3.12. The van der Waals surface area contributed by atoms with Crippen molar-refractivity contribution in [3.05, 3.63) is 24.0 Å². The topological polar surface area (TPSA) is 50.7 Å². The molecule has 0 saturated carbocycles. The van der Waals surface area contributed by atoms with Gasteiger partial charge in [0.25, 0.3) is 0 Å². The number of hydrogen-bond acceptors (Lipinski definition) is 5. The Bertz CT molecular complexity index is 513. The lowest BCUT2D eigenvalue weighted by Crippen LogP contribution is -2.25. The first kappa shape index (κ1) is 12.0. The van der Waals surface area contributed by atoms with Crippen LogP contribution < -0.4 is 5.32 Å². The summed E-state index contributed by atoms with van der Waals surface area (Å²) in [4.78, 5) is 8.59. The van der Waals surface area contributed by atoms with Crippen LogP contribution >= 0.6 is 11.5 Å². The van der Waals surface area contributed by atoms with E-state index in [1.165, 1.54) is 11.5 Å². The van der Waals surface area contributed by atoms with Crippen molar-refractivity contribution in [3.63, 3.8) is 0 Å². The van der Waals surface area contributed by atoms with E-state index in [9.17, 15) is 0 Å². The molecular weight excluding hydrogens is 232 g/mol. The van der Waals surface area contributed by atoms with Gasteiger partial charge in [-0.25, -0.2) is 0 Å². The number of nitrogens with zero attached hydrogens (tertiary/aromatic N) is 3. The molecule has 0 fully saturated rings. The van der Waals surface area contributed by atoms with Gasteiger partial charge in [-0.3, -0.25) is 4.98 Å². The van der Waals surface area contributed by atoms with E-state index in [0.717, 1.165) is 22.1 Å². The molecule has 2 rings (SSSR count). The Kier molecular flexibility index (Phi) is 3.11. The normalized spacial score (nSPS) is 11.5. The zero-order valence-corrected chi connectivity index (χ0v) is 11.3. The van der Waals surface area contributed by atoms with E-state index in [0.29, 0.717) is 0 Å². The van der Waals surface area contributed by atoms with Crippen LogP contribution in [0, 0.1) is 6.92 Å². The molecule has 0 unspecified atom stereocenters. The zero-order chi connectivity index (χ0) is 12.5. The fourth-order valence-corrected chi connectivity index (χ4v) is 2.19. The summed E-state index contributed by atoms with van der Waals surface area (Å²) < 4.78 is 4.36. The molecule has 4 nitrogen and oxygen atoms in total. The highest BCUT2D eigenvalue weighted by Crippen LogP contribution is 2.24. The molecule has 0 saturated heterocycles. The molecule has 0 spiro atoms. The van der Waals surface area contributed by atoms with Crippen molar-refractivity contribution in [2.75, 3.05) is 5.32 Å². The lowest BCUT2D eigenvalue weighted by Gasteiger charge is -2.18. The van der Waals surface area contributed by atoms with Crippen LogP contribution in [0.5, 0.6) is 0 Å². The molecule has 1 N–H and O–H groups in total. The lowest BCUT2D eigenvalue weighted by molar-refractivity contribution is 0.633. The second kappa shape index (κ2) is 4.41. The standard InChI is InChI=1S/C12H16N4S/c1-8-5-6-13-7-9(8)10-14-11(17-16-10)15-12(2,3)4/h5-7H,1-4H3,(H,14,15,16). The molecule has 0 aliphatic rings. The monoisotopic (exact) mass is 248 g/mol. The summed E-state index contributed by atoms with van der Waals surface area (Å²) in [6, 6.07) is 1.97. The minimum absolute atomic E-state index is 0.000780. The first-order valence-electron chi connectivity index (χ1n) is 5.48. The quantitative estimate of drug-likeness (QED) is 0.887. The Morgan fingerprint density at radius 3 is 2.71 bits per heavy atom. The highest BCUT2D eigenvalue weighted by Gasteiger charge is 2.14. The van der Waals surface area contributed by atoms with E-state index in [1.807, 2.05) is 13.0 Å². The number of pyridine rings is 1. The van der Waals surface area contributed by atoms with Crippen LogP contribution in [0.2, 0.25) is 0 Å². The minimum Gasteiger partial charge on any atom is -0.356 e. The van der Waals surface area contributed by atoms with E-state index in [4.69, 9.17) is 0 Å². The Hall–Kier alpha value is -1.49. The van der Waals surface area contributed by atoms with Gasteiger partial charge in [-0.05, 0) is 39.3 Å². The molecule has 2 aromatic heterocycles. The summed E-state index contributed by atoms with van der Waals surface area (Å²) in [6.45, 7) is 8.34. The summed E-state index contributed by atoms with van der Waals surface area (Å²) in [5.74, 6) is 0.743. The summed E-state index contributed by atoms with van der Waals surface area (Å²) in [6.07, 6.45) is 3.58. The van der Waals surface area contributed by atoms with Gasteiger partial charge in [-0.1, -0.05) is 0 Å². The molecule has 17 heavy (non-hydrogen) atoms. The van der Waals surface area contributed by atoms with Crippen molar-refractivity contribution in [3.8, 4) is 11.4 Å². The molecule has 2 aromatic rings. The van der Waals surface area contributed by atoms with Crippen molar-refractivity contribution < 1.29 is 0 Å². The third-order valence-corrected chi connectivity index (χ3v) is 2.82. The van der Waals surface area contributed by atoms with Crippen molar-refractivity contribution in [2.24, 2.45) is 0 Å². The second-order valence-corrected chi connectivity index (χ2v) is 5.74. The fraction of sp³-hybridized carbons (Fsp3) is 0.417. The van der Waals surface area contributed by atoms with E-state index in [-0.39, 0.29) is 5.54 Å². The highest BCUT2D eigenvalue weighted by atomic mass is 32.1. The summed E-state index contributed by atoms with van der Waals surface area (Å²) in [5, 5.41) is 4.16. The fourth-order valence-electron chi connectivity index (χ4n) is 1.40. The Morgan fingerprint density at radius 2 is 2.06 bits per heavy atom. The van der Waals surface area contributed by atoms with E-state index >= 15 is 0 Å². The van der Waals surface area contributed by atoms with Gasteiger partial charge in [0.05, 0.1) is 0 Å². The van der Waals surface area contributed by atoms with Crippen LogP contribution in [-0.4, -0.2) is 19.9 Å². The minimum atomic E-state index is 0.000780. The van der Waals surface area contributed by atoms with E-state index in [1.54, 1.807) is 12.4 Å². The van der Waals surface area contributed by atoms with Gasteiger partial charge in [-0.2, -0.15) is 9.36 Å². The number of aryl methyl sites for hydroxylation is 1. The van der Waals surface area contributed by atoms with Crippen molar-refractivity contribution in [1.82, 2.24) is 14.3 Å². The third-order valence-electron chi connectivity index (χ3n) is 2.19. The second-order valence-electron chi connectivity index (χ2n) is 4.99. The Morgan fingerprint density at radius 1 is 1.29 bits per heavy atom. The number of aromatic nitrogens is 3. The first-order chi connectivity index (χ1) is 7.96. The maximum Gasteiger partial charge on any atom is 0.203 e. The van der Waals surface area contributed by atoms with E-state index < -0.39 is 0 Å². The van der Waals surface area contributed by atoms with Crippen LogP contribution in [-0.2, 0) is 0 Å². The summed E-state index contributed by atoms with van der Waals surface area (Å²) in [5.41, 5.74) is 2.13. The molecule has 0 aliphatic carbocycles. The Balaban J connectivity index is 2.28. The van der Waals surface area contributed by atoms with Gasteiger partial charge < -0.3 is 5.32 Å². The van der Waals surface area contributed by atoms with Crippen molar-refractivity contribution in [2.45, 2.75) is 33.2 Å². The third kappa shape index (κ3) is 3.00. The van der Waals surface area contributed by atoms with E-state index in [2.05, 4.69) is 40.4 Å². The van der Waals surface area contributed by atoms with Crippen LogP contribution in [0.3, 0.4) is 0 Å². The average Bonchev–Trinajstić information content (AvgIpc) is 2.64. The maximum atomic E-state index is 4.48. The average molecular weight is 248 g/mol. The number of hydrogen-bond donors (Lipinski definition) is 1. The Labute approximate surface area is 105 Å². The molecule has 5 heteroatoms. The lowest BCUT2D eigenvalue weighted by atomic mass is 10.1. The maximum absolute atomic E-state index is 4.48. The van der Waals surface area contributed by atoms with Crippen LogP contribution in [0.1, 0.15) is 26.3 Å². The molecule has 0 aliphatic heterocycles. The first-order valence-corrected chi connectivity index (χ1v) is 6.26. The molecule has 0 bridgehead atoms. The molecule has 0 aromatic carbocycles. The largest absolute Gasteiger partial charge is 0.356 e. The molecule has 0 amide bonds. The predicted molar refractivity (Wildman–Crippen MR) is 71.3 cm³/mol. The van der Waals surface area contributed by atoms with Crippen molar-refractivity contribution >= 4 is 16.7 Å². The van der Waals surface area contributed by atoms with Gasteiger partial charge in [-0.15, -0.1) is 0 Å². The number of anilines is 1. The van der Waals surface area contributed by atoms with Gasteiger partial charge >= 0.3 is 0 Å². The zero-order valence-electron chi connectivity index (χ0n) is 10.5. The van der Waals surface area contributed by atoms with Crippen LogP contribution in [0.25, 0.3) is 11.4 Å². The highest BCUT2D eigenvalue weighted by molar-refractivity contribution is 7.09. The smallest absolute Gasteiger partial charge is 0.203 e. The van der Waals surface area contributed by atoms with Gasteiger partial charge in [0, 0.05) is 35.0 Å². The number of rotatable bonds is 2.